The number of rotatable bonds is 2. The smallest absolute Gasteiger partial charge is 0.179 e. The lowest BCUT2D eigenvalue weighted by Crippen LogP contribution is -2.36. The minimum absolute atomic E-state index is 0.0283. The molecule has 4 nitrogen and oxygen atoms in total. The van der Waals surface area contributed by atoms with Crippen LogP contribution in [0.4, 0.5) is 0 Å². The van der Waals surface area contributed by atoms with Crippen molar-refractivity contribution in [1.29, 1.82) is 5.26 Å². The quantitative estimate of drug-likeness (QED) is 0.911. The van der Waals surface area contributed by atoms with Crippen molar-refractivity contribution in [3.63, 3.8) is 0 Å². The number of hydrogen-bond acceptors (Lipinski definition) is 4. The van der Waals surface area contributed by atoms with Crippen LogP contribution in [0.25, 0.3) is 5.70 Å². The monoisotopic (exact) mass is 308 g/mol. The first-order chi connectivity index (χ1) is 11.2. The van der Waals surface area contributed by atoms with Crippen molar-refractivity contribution in [3.8, 4) is 6.07 Å². The molecule has 4 heteroatoms. The summed E-state index contributed by atoms with van der Waals surface area (Å²) in [6.07, 6.45) is 5.24. The molecule has 0 radical (unpaired) electrons. The van der Waals surface area contributed by atoms with Crippen LogP contribution in [0.15, 0.2) is 23.8 Å². The van der Waals surface area contributed by atoms with Gasteiger partial charge in [0.1, 0.15) is 11.6 Å². The second-order valence-corrected chi connectivity index (χ2v) is 7.07. The molecule has 1 aromatic rings. The molecule has 4 rings (SSSR count). The Morgan fingerprint density at radius 1 is 1.22 bits per heavy atom. The van der Waals surface area contributed by atoms with Gasteiger partial charge in [0.15, 0.2) is 5.78 Å². The van der Waals surface area contributed by atoms with Crippen LogP contribution in [-0.2, 0) is 17.8 Å². The van der Waals surface area contributed by atoms with Crippen LogP contribution in [0.1, 0.15) is 42.4 Å². The summed E-state index contributed by atoms with van der Waals surface area (Å²) in [6, 6.07) is 7.86. The Bertz CT molecular complexity index is 743. The highest BCUT2D eigenvalue weighted by molar-refractivity contribution is 6.09. The van der Waals surface area contributed by atoms with E-state index in [1.165, 1.54) is 12.8 Å². The summed E-state index contributed by atoms with van der Waals surface area (Å²) in [5.74, 6) is -0.0848. The van der Waals surface area contributed by atoms with Crippen LogP contribution in [0, 0.1) is 16.7 Å². The van der Waals surface area contributed by atoms with Gasteiger partial charge in [-0.3, -0.25) is 4.79 Å². The Balaban J connectivity index is 1.77. The maximum absolute atomic E-state index is 12.4. The van der Waals surface area contributed by atoms with Crippen molar-refractivity contribution < 1.29 is 9.90 Å². The van der Waals surface area contributed by atoms with Crippen molar-refractivity contribution in [2.75, 3.05) is 13.1 Å². The van der Waals surface area contributed by atoms with E-state index in [1.54, 1.807) is 0 Å². The summed E-state index contributed by atoms with van der Waals surface area (Å²) < 4.78 is 0. The molecule has 0 atom stereocenters. The van der Waals surface area contributed by atoms with Crippen LogP contribution in [0.3, 0.4) is 0 Å². The fraction of sp³-hybridized carbons (Fsp3) is 0.474. The zero-order valence-corrected chi connectivity index (χ0v) is 13.1. The van der Waals surface area contributed by atoms with Gasteiger partial charge < -0.3 is 10.0 Å². The van der Waals surface area contributed by atoms with Crippen LogP contribution < -0.4 is 0 Å². The van der Waals surface area contributed by atoms with Crippen LogP contribution in [0.5, 0.6) is 0 Å². The van der Waals surface area contributed by atoms with Gasteiger partial charge in [0.2, 0.25) is 0 Å². The molecule has 1 heterocycles. The third-order valence-electron chi connectivity index (χ3n) is 5.69. The van der Waals surface area contributed by atoms with Crippen molar-refractivity contribution >= 4 is 11.5 Å². The Morgan fingerprint density at radius 2 is 1.96 bits per heavy atom. The molecule has 1 N–H and O–H groups in total. The summed E-state index contributed by atoms with van der Waals surface area (Å²) in [4.78, 5) is 14.6. The molecule has 0 amide bonds. The van der Waals surface area contributed by atoms with Crippen molar-refractivity contribution in [2.24, 2.45) is 5.41 Å². The summed E-state index contributed by atoms with van der Waals surface area (Å²) in [7, 11) is 0. The normalized spacial score (nSPS) is 22.1. The standard InChI is InChI=1S/C19H20N2O2/c20-11-16-17(23)10-14-2-1-13(12-22)9-15(14)18(16)21-7-5-19(3-4-19)6-8-21/h1-2,9,22H,3-8,10,12H2. The maximum atomic E-state index is 12.4. The average Bonchev–Trinajstić information content (AvgIpc) is 3.33. The van der Waals surface area contributed by atoms with Gasteiger partial charge in [0, 0.05) is 25.1 Å². The molecule has 0 bridgehead atoms. The van der Waals surface area contributed by atoms with Crippen molar-refractivity contribution in [1.82, 2.24) is 4.90 Å². The van der Waals surface area contributed by atoms with E-state index in [4.69, 9.17) is 0 Å². The highest BCUT2D eigenvalue weighted by Crippen LogP contribution is 2.54. The number of hydrogen-bond donors (Lipinski definition) is 1. The van der Waals surface area contributed by atoms with E-state index in [-0.39, 0.29) is 18.8 Å². The van der Waals surface area contributed by atoms with Gasteiger partial charge in [-0.1, -0.05) is 12.1 Å². The number of aliphatic hydroxyl groups excluding tert-OH is 1. The number of benzene rings is 1. The minimum atomic E-state index is -0.0848. The molecule has 23 heavy (non-hydrogen) atoms. The number of fused-ring (bicyclic) bond motifs is 1. The van der Waals surface area contributed by atoms with Gasteiger partial charge in [-0.05, 0) is 48.3 Å². The van der Waals surface area contributed by atoms with Gasteiger partial charge in [-0.15, -0.1) is 0 Å². The number of allylic oxidation sites excluding steroid dienone is 1. The lowest BCUT2D eigenvalue weighted by Gasteiger charge is -2.37. The van der Waals surface area contributed by atoms with E-state index in [0.29, 0.717) is 11.0 Å². The Kier molecular flexibility index (Phi) is 3.28. The number of likely N-dealkylation sites (tertiary alicyclic amines) is 1. The first-order valence-corrected chi connectivity index (χ1v) is 8.31. The number of nitrogens with zero attached hydrogens (tertiary/aromatic N) is 2. The van der Waals surface area contributed by atoms with Gasteiger partial charge in [-0.25, -0.2) is 0 Å². The van der Waals surface area contributed by atoms with Crippen molar-refractivity contribution in [2.45, 2.75) is 38.7 Å². The number of Topliss-reactive ketones (excluding diaryl/α,β-unsaturated/α-hetero) is 1. The Morgan fingerprint density at radius 3 is 2.57 bits per heavy atom. The Labute approximate surface area is 136 Å². The van der Waals surface area contributed by atoms with E-state index in [2.05, 4.69) is 11.0 Å². The van der Waals surface area contributed by atoms with Crippen LogP contribution in [-0.4, -0.2) is 28.9 Å². The molecule has 1 saturated heterocycles. The topological polar surface area (TPSA) is 64.3 Å². The zero-order valence-electron chi connectivity index (χ0n) is 13.1. The largest absolute Gasteiger partial charge is 0.392 e. The summed E-state index contributed by atoms with van der Waals surface area (Å²) in [6.45, 7) is 1.80. The minimum Gasteiger partial charge on any atom is -0.392 e. The molecule has 2 fully saturated rings. The second-order valence-electron chi connectivity index (χ2n) is 7.07. The highest BCUT2D eigenvalue weighted by Gasteiger charge is 2.45. The predicted octanol–water partition coefficient (Wildman–Crippen LogP) is 2.41. The molecule has 1 aromatic carbocycles. The average molecular weight is 308 g/mol. The molecule has 118 valence electrons. The van der Waals surface area contributed by atoms with E-state index in [1.807, 2.05) is 18.2 Å². The van der Waals surface area contributed by atoms with E-state index >= 15 is 0 Å². The van der Waals surface area contributed by atoms with E-state index in [0.717, 1.165) is 48.3 Å². The lowest BCUT2D eigenvalue weighted by atomic mass is 9.85. The third-order valence-corrected chi connectivity index (χ3v) is 5.69. The number of ketones is 1. The van der Waals surface area contributed by atoms with Gasteiger partial charge >= 0.3 is 0 Å². The summed E-state index contributed by atoms with van der Waals surface area (Å²) >= 11 is 0. The number of nitriles is 1. The number of aliphatic hydroxyl groups is 1. The highest BCUT2D eigenvalue weighted by atomic mass is 16.3. The molecular formula is C19H20N2O2. The van der Waals surface area contributed by atoms with E-state index < -0.39 is 0 Å². The van der Waals surface area contributed by atoms with Crippen LogP contribution in [0.2, 0.25) is 0 Å². The molecule has 2 aliphatic carbocycles. The van der Waals surface area contributed by atoms with Gasteiger partial charge in [0.25, 0.3) is 0 Å². The molecule has 1 saturated carbocycles. The molecular weight excluding hydrogens is 288 g/mol. The lowest BCUT2D eigenvalue weighted by molar-refractivity contribution is -0.114. The molecule has 3 aliphatic rings. The fourth-order valence-corrected chi connectivity index (χ4v) is 3.95. The zero-order chi connectivity index (χ0) is 16.0. The molecule has 1 aliphatic heterocycles. The third kappa shape index (κ3) is 2.36. The summed E-state index contributed by atoms with van der Waals surface area (Å²) in [5, 5.41) is 19.0. The number of carbonyl (C=O) groups excluding carboxylic acids is 1. The molecule has 1 spiro atoms. The molecule has 0 aromatic heterocycles. The van der Waals surface area contributed by atoms with Gasteiger partial charge in [-0.2, -0.15) is 5.26 Å². The molecule has 0 unspecified atom stereocenters. The Hall–Kier alpha value is -2.12. The second kappa shape index (κ2) is 5.21. The predicted molar refractivity (Wildman–Crippen MR) is 86.1 cm³/mol. The first kappa shape index (κ1) is 14.5. The first-order valence-electron chi connectivity index (χ1n) is 8.31. The fourth-order valence-electron chi connectivity index (χ4n) is 3.95. The SMILES string of the molecule is N#CC1=C(N2CCC3(CC2)CC3)c2cc(CO)ccc2CC1=O. The van der Waals surface area contributed by atoms with Crippen LogP contribution >= 0.6 is 0 Å². The number of carbonyl (C=O) groups is 1. The number of piperidine rings is 1. The summed E-state index contributed by atoms with van der Waals surface area (Å²) in [5.41, 5.74) is 4.39. The van der Waals surface area contributed by atoms with Crippen molar-refractivity contribution in [3.05, 3.63) is 40.5 Å². The van der Waals surface area contributed by atoms with Gasteiger partial charge in [0.05, 0.1) is 12.3 Å². The maximum Gasteiger partial charge on any atom is 0.179 e. The van der Waals surface area contributed by atoms with E-state index in [9.17, 15) is 15.2 Å².